The predicted molar refractivity (Wildman–Crippen MR) is 66.8 cm³/mol. The number of carbonyl (C=O) groups excluding carboxylic acids is 1. The number of aliphatic hydroxyl groups excluding tert-OH is 1. The van der Waals surface area contributed by atoms with Gasteiger partial charge in [-0.05, 0) is 25.0 Å². The number of carbonyl (C=O) groups is 1. The minimum Gasteiger partial charge on any atom is -0.391 e. The molecule has 0 aromatic carbocycles. The van der Waals surface area contributed by atoms with E-state index in [2.05, 4.69) is 10.3 Å². The van der Waals surface area contributed by atoms with Gasteiger partial charge in [0.1, 0.15) is 5.69 Å². The van der Waals surface area contributed by atoms with Crippen molar-refractivity contribution in [3.05, 3.63) is 29.6 Å². The lowest BCUT2D eigenvalue weighted by atomic mass is 10.0. The van der Waals surface area contributed by atoms with Gasteiger partial charge in [-0.1, -0.05) is 26.3 Å². The zero-order chi connectivity index (χ0) is 12.8. The molecule has 1 rings (SSSR count). The lowest BCUT2D eigenvalue weighted by Crippen LogP contribution is -2.35. The highest BCUT2D eigenvalue weighted by Gasteiger charge is 2.14. The second-order valence-electron chi connectivity index (χ2n) is 4.33. The summed E-state index contributed by atoms with van der Waals surface area (Å²) in [5, 5.41) is 12.4. The van der Waals surface area contributed by atoms with E-state index < -0.39 is 6.10 Å². The van der Waals surface area contributed by atoms with Crippen LogP contribution in [0.15, 0.2) is 18.2 Å². The molecule has 4 nitrogen and oxygen atoms in total. The van der Waals surface area contributed by atoms with Gasteiger partial charge in [0.05, 0.1) is 6.10 Å². The number of rotatable bonds is 5. The molecule has 0 saturated heterocycles. The van der Waals surface area contributed by atoms with Crippen LogP contribution >= 0.6 is 0 Å². The third kappa shape index (κ3) is 4.15. The van der Waals surface area contributed by atoms with Gasteiger partial charge in [0.2, 0.25) is 0 Å². The summed E-state index contributed by atoms with van der Waals surface area (Å²) >= 11 is 0. The van der Waals surface area contributed by atoms with Crippen LogP contribution in [0, 0.1) is 12.8 Å². The summed E-state index contributed by atoms with van der Waals surface area (Å²) in [6.07, 6.45) is 0.383. The maximum Gasteiger partial charge on any atom is 0.269 e. The maximum atomic E-state index is 11.7. The Morgan fingerprint density at radius 2 is 2.24 bits per heavy atom. The monoisotopic (exact) mass is 236 g/mol. The largest absolute Gasteiger partial charge is 0.391 e. The average molecular weight is 236 g/mol. The molecule has 0 saturated carbocycles. The van der Waals surface area contributed by atoms with Crippen molar-refractivity contribution in [3.8, 4) is 0 Å². The Labute approximate surface area is 102 Å². The number of hydrogen-bond acceptors (Lipinski definition) is 3. The summed E-state index contributed by atoms with van der Waals surface area (Å²) in [5.74, 6) is -0.0585. The molecule has 1 amide bonds. The van der Waals surface area contributed by atoms with Gasteiger partial charge >= 0.3 is 0 Å². The molecule has 0 aliphatic carbocycles. The minimum absolute atomic E-state index is 0.181. The van der Waals surface area contributed by atoms with Gasteiger partial charge in [-0.25, -0.2) is 4.98 Å². The first-order chi connectivity index (χ1) is 8.04. The van der Waals surface area contributed by atoms with Crippen molar-refractivity contribution < 1.29 is 9.90 Å². The van der Waals surface area contributed by atoms with Crippen LogP contribution in [0.25, 0.3) is 0 Å². The van der Waals surface area contributed by atoms with Crippen LogP contribution in [0.2, 0.25) is 0 Å². The molecule has 94 valence electrons. The smallest absolute Gasteiger partial charge is 0.269 e. The Bertz CT molecular complexity index is 379. The predicted octanol–water partition coefficient (Wildman–Crippen LogP) is 1.53. The molecule has 2 N–H and O–H groups in total. The van der Waals surface area contributed by atoms with Crippen LogP contribution in [0.3, 0.4) is 0 Å². The molecular weight excluding hydrogens is 216 g/mol. The van der Waals surface area contributed by atoms with Crippen LogP contribution in [-0.2, 0) is 0 Å². The fourth-order valence-corrected chi connectivity index (χ4v) is 1.43. The normalized spacial score (nSPS) is 14.1. The first kappa shape index (κ1) is 13.6. The topological polar surface area (TPSA) is 62.2 Å². The summed E-state index contributed by atoms with van der Waals surface area (Å²) in [7, 11) is 0. The first-order valence-corrected chi connectivity index (χ1v) is 5.94. The van der Waals surface area contributed by atoms with Crippen LogP contribution in [0.5, 0.6) is 0 Å². The second kappa shape index (κ2) is 6.35. The fourth-order valence-electron chi connectivity index (χ4n) is 1.43. The molecule has 4 heteroatoms. The van der Waals surface area contributed by atoms with Gasteiger partial charge in [0.25, 0.3) is 5.91 Å². The molecule has 17 heavy (non-hydrogen) atoms. The zero-order valence-corrected chi connectivity index (χ0v) is 10.6. The quantitative estimate of drug-likeness (QED) is 0.815. The number of hydrogen-bond donors (Lipinski definition) is 2. The number of nitrogens with zero attached hydrogens (tertiary/aromatic N) is 1. The molecule has 1 heterocycles. The van der Waals surface area contributed by atoms with Crippen molar-refractivity contribution in [1.29, 1.82) is 0 Å². The number of pyridine rings is 1. The lowest BCUT2D eigenvalue weighted by molar-refractivity contribution is 0.0846. The number of aromatic nitrogens is 1. The van der Waals surface area contributed by atoms with Crippen LogP contribution in [0.1, 0.15) is 36.5 Å². The number of aryl methyl sites for hydroxylation is 1. The van der Waals surface area contributed by atoms with Gasteiger partial charge in [0, 0.05) is 12.2 Å². The van der Waals surface area contributed by atoms with Gasteiger partial charge in [-0.2, -0.15) is 0 Å². The molecule has 0 aliphatic heterocycles. The Morgan fingerprint density at radius 3 is 2.82 bits per heavy atom. The van der Waals surface area contributed by atoms with Crippen molar-refractivity contribution >= 4 is 5.91 Å². The number of nitrogens with one attached hydrogen (secondary N) is 1. The van der Waals surface area contributed by atoms with E-state index in [1.54, 1.807) is 12.1 Å². The van der Waals surface area contributed by atoms with Gasteiger partial charge < -0.3 is 10.4 Å². The summed E-state index contributed by atoms with van der Waals surface area (Å²) in [5.41, 5.74) is 1.20. The Morgan fingerprint density at radius 1 is 1.53 bits per heavy atom. The Balaban J connectivity index is 2.50. The summed E-state index contributed by atoms with van der Waals surface area (Å²) in [6.45, 7) is 6.08. The van der Waals surface area contributed by atoms with E-state index >= 15 is 0 Å². The van der Waals surface area contributed by atoms with E-state index in [1.807, 2.05) is 26.8 Å². The molecule has 0 radical (unpaired) electrons. The summed E-state index contributed by atoms with van der Waals surface area (Å²) in [4.78, 5) is 15.8. The van der Waals surface area contributed by atoms with Crippen LogP contribution in [-0.4, -0.2) is 28.6 Å². The molecule has 2 unspecified atom stereocenters. The van der Waals surface area contributed by atoms with E-state index in [0.717, 1.165) is 12.1 Å². The SMILES string of the molecule is CCC(C)C(O)CNC(=O)c1cccc(C)n1. The third-order valence-electron chi connectivity index (χ3n) is 2.89. The fraction of sp³-hybridized carbons (Fsp3) is 0.538. The average Bonchev–Trinajstić information content (AvgIpc) is 2.34. The number of amides is 1. The number of aliphatic hydroxyl groups is 1. The molecule has 0 spiro atoms. The standard InChI is InChI=1S/C13H20N2O2/c1-4-9(2)12(16)8-14-13(17)11-7-5-6-10(3)15-11/h5-7,9,12,16H,4,8H2,1-3H3,(H,14,17). The molecule has 0 bridgehead atoms. The van der Waals surface area contributed by atoms with E-state index in [0.29, 0.717) is 5.69 Å². The molecule has 1 aromatic rings. The van der Waals surface area contributed by atoms with Gasteiger partial charge in [-0.3, -0.25) is 4.79 Å². The second-order valence-corrected chi connectivity index (χ2v) is 4.33. The van der Waals surface area contributed by atoms with E-state index in [9.17, 15) is 9.90 Å². The molecular formula is C13H20N2O2. The molecule has 2 atom stereocenters. The highest BCUT2D eigenvalue weighted by Crippen LogP contribution is 2.06. The Hall–Kier alpha value is -1.42. The minimum atomic E-state index is -0.506. The maximum absolute atomic E-state index is 11.7. The Kier molecular flexibility index (Phi) is 5.10. The van der Waals surface area contributed by atoms with E-state index in [4.69, 9.17) is 0 Å². The summed E-state index contributed by atoms with van der Waals surface area (Å²) < 4.78 is 0. The molecule has 1 aromatic heterocycles. The van der Waals surface area contributed by atoms with Crippen LogP contribution in [0.4, 0.5) is 0 Å². The molecule has 0 aliphatic rings. The third-order valence-corrected chi connectivity index (χ3v) is 2.89. The highest BCUT2D eigenvalue weighted by atomic mass is 16.3. The van der Waals surface area contributed by atoms with Gasteiger partial charge in [-0.15, -0.1) is 0 Å². The van der Waals surface area contributed by atoms with Crippen molar-refractivity contribution in [1.82, 2.24) is 10.3 Å². The van der Waals surface area contributed by atoms with Crippen LogP contribution < -0.4 is 5.32 Å². The summed E-state index contributed by atoms with van der Waals surface area (Å²) in [6, 6.07) is 5.30. The lowest BCUT2D eigenvalue weighted by Gasteiger charge is -2.17. The first-order valence-electron chi connectivity index (χ1n) is 5.94. The van der Waals surface area contributed by atoms with E-state index in [1.165, 1.54) is 0 Å². The van der Waals surface area contributed by atoms with Crippen molar-refractivity contribution in [2.24, 2.45) is 5.92 Å². The molecule has 0 fully saturated rings. The van der Waals surface area contributed by atoms with Crippen molar-refractivity contribution in [3.63, 3.8) is 0 Å². The highest BCUT2D eigenvalue weighted by molar-refractivity contribution is 5.92. The van der Waals surface area contributed by atoms with Crippen molar-refractivity contribution in [2.45, 2.75) is 33.3 Å². The van der Waals surface area contributed by atoms with E-state index in [-0.39, 0.29) is 18.4 Å². The van der Waals surface area contributed by atoms with Crippen molar-refractivity contribution in [2.75, 3.05) is 6.54 Å². The zero-order valence-electron chi connectivity index (χ0n) is 10.6. The van der Waals surface area contributed by atoms with Gasteiger partial charge in [0.15, 0.2) is 0 Å².